The Morgan fingerprint density at radius 3 is 2.21 bits per heavy atom. The Balaban J connectivity index is 1.74. The third kappa shape index (κ3) is 5.55. The van der Waals surface area contributed by atoms with E-state index in [0.717, 1.165) is 5.56 Å². The van der Waals surface area contributed by atoms with Crippen LogP contribution in [0.1, 0.15) is 28.4 Å². The van der Waals surface area contributed by atoms with E-state index < -0.39 is 40.3 Å². The molecular weight excluding hydrogens is 549 g/mol. The highest BCUT2D eigenvalue weighted by Crippen LogP contribution is 2.31. The van der Waals surface area contributed by atoms with Crippen LogP contribution in [-0.4, -0.2) is 54.5 Å². The molecular formula is C27H25Cl2N3O5S. The number of halogens is 2. The molecule has 4 rings (SSSR count). The SMILES string of the molecule is CCNC(=O)[C@H](Cc1ccccc1)N(Cc1c(Cl)cccc1Cl)C(=O)CN1C(=O)c2ccccc2S1(=O)=O. The predicted octanol–water partition coefficient (Wildman–Crippen LogP) is 3.91. The number of amides is 3. The molecule has 38 heavy (non-hydrogen) atoms. The fourth-order valence-corrected chi connectivity index (χ4v) is 6.34. The number of benzene rings is 3. The van der Waals surface area contributed by atoms with E-state index in [1.54, 1.807) is 31.2 Å². The maximum Gasteiger partial charge on any atom is 0.269 e. The number of carbonyl (C=O) groups excluding carboxylic acids is 3. The third-order valence-corrected chi connectivity index (χ3v) is 8.70. The predicted molar refractivity (Wildman–Crippen MR) is 144 cm³/mol. The van der Waals surface area contributed by atoms with Crippen molar-refractivity contribution in [3.63, 3.8) is 0 Å². The van der Waals surface area contributed by atoms with Crippen molar-refractivity contribution in [2.75, 3.05) is 13.1 Å². The Bertz CT molecular complexity index is 1460. The molecule has 0 bridgehead atoms. The van der Waals surface area contributed by atoms with Gasteiger partial charge in [-0.2, -0.15) is 0 Å². The number of hydrogen-bond acceptors (Lipinski definition) is 5. The summed E-state index contributed by atoms with van der Waals surface area (Å²) in [7, 11) is -4.24. The quantitative estimate of drug-likeness (QED) is 0.418. The van der Waals surface area contributed by atoms with Gasteiger partial charge in [-0.3, -0.25) is 14.4 Å². The Morgan fingerprint density at radius 1 is 0.947 bits per heavy atom. The van der Waals surface area contributed by atoms with Crippen LogP contribution in [0, 0.1) is 0 Å². The molecule has 3 aromatic rings. The lowest BCUT2D eigenvalue weighted by molar-refractivity contribution is -0.141. The second-order valence-corrected chi connectivity index (χ2v) is 11.3. The van der Waals surface area contributed by atoms with Crippen molar-refractivity contribution >= 4 is 50.9 Å². The fourth-order valence-electron chi connectivity index (χ4n) is 4.30. The standard InChI is InChI=1S/C27H25Cl2N3O5S/c1-2-30-26(34)23(15-18-9-4-3-5-10-18)31(16-20-21(28)12-8-13-22(20)29)25(33)17-32-27(35)19-11-6-7-14-24(19)38(32,36)37/h3-14,23H,2,15-17H2,1H3,(H,30,34)/t23-/m0/s1. The summed E-state index contributed by atoms with van der Waals surface area (Å²) in [5, 5.41) is 3.31. The Labute approximate surface area is 231 Å². The molecule has 0 aliphatic carbocycles. The van der Waals surface area contributed by atoms with Crippen LogP contribution in [0.4, 0.5) is 0 Å². The molecule has 1 aliphatic heterocycles. The van der Waals surface area contributed by atoms with Gasteiger partial charge in [-0.05, 0) is 36.8 Å². The van der Waals surface area contributed by atoms with Crippen molar-refractivity contribution in [3.05, 3.63) is 99.5 Å². The number of carbonyl (C=O) groups is 3. The molecule has 3 aromatic carbocycles. The molecule has 8 nitrogen and oxygen atoms in total. The summed E-state index contributed by atoms with van der Waals surface area (Å²) in [6.07, 6.45) is 0.140. The number of rotatable bonds is 9. The van der Waals surface area contributed by atoms with Crippen molar-refractivity contribution in [2.45, 2.75) is 30.8 Å². The first-order valence-corrected chi connectivity index (χ1v) is 14.0. The first-order valence-electron chi connectivity index (χ1n) is 11.8. The normalized spacial score (nSPS) is 14.6. The van der Waals surface area contributed by atoms with E-state index in [1.165, 1.54) is 23.1 Å². The minimum absolute atomic E-state index is 0.00874. The molecule has 0 saturated carbocycles. The number of nitrogens with zero attached hydrogens (tertiary/aromatic N) is 2. The van der Waals surface area contributed by atoms with E-state index in [0.29, 0.717) is 16.4 Å². The summed E-state index contributed by atoms with van der Waals surface area (Å²) >= 11 is 12.8. The molecule has 1 heterocycles. The molecule has 0 spiro atoms. The average molecular weight is 574 g/mol. The van der Waals surface area contributed by atoms with Crippen LogP contribution in [-0.2, 0) is 32.6 Å². The molecule has 0 unspecified atom stereocenters. The average Bonchev–Trinajstić information content (AvgIpc) is 3.09. The van der Waals surface area contributed by atoms with Crippen LogP contribution in [0.15, 0.2) is 77.7 Å². The second kappa shape index (κ2) is 11.6. The van der Waals surface area contributed by atoms with Gasteiger partial charge >= 0.3 is 0 Å². The van der Waals surface area contributed by atoms with E-state index in [2.05, 4.69) is 5.32 Å². The maximum absolute atomic E-state index is 13.9. The van der Waals surface area contributed by atoms with Gasteiger partial charge in [-0.25, -0.2) is 12.7 Å². The minimum atomic E-state index is -4.24. The van der Waals surface area contributed by atoms with Crippen LogP contribution in [0.5, 0.6) is 0 Å². The lowest BCUT2D eigenvalue weighted by Gasteiger charge is -2.33. The molecule has 0 radical (unpaired) electrons. The van der Waals surface area contributed by atoms with Crippen molar-refractivity contribution in [1.29, 1.82) is 0 Å². The summed E-state index contributed by atoms with van der Waals surface area (Å²) in [5.41, 5.74) is 1.17. The Hall–Kier alpha value is -3.40. The molecule has 198 valence electrons. The number of fused-ring (bicyclic) bond motifs is 1. The summed E-state index contributed by atoms with van der Waals surface area (Å²) in [6.45, 7) is 1.10. The zero-order valence-electron chi connectivity index (χ0n) is 20.4. The number of likely N-dealkylation sites (N-methyl/N-ethyl adjacent to an activating group) is 1. The number of nitrogens with one attached hydrogen (secondary N) is 1. The lowest BCUT2D eigenvalue weighted by atomic mass is 10.0. The third-order valence-electron chi connectivity index (χ3n) is 6.20. The first-order chi connectivity index (χ1) is 18.1. The fraction of sp³-hybridized carbons (Fsp3) is 0.222. The zero-order chi connectivity index (χ0) is 27.4. The van der Waals surface area contributed by atoms with Gasteiger partial charge < -0.3 is 10.2 Å². The van der Waals surface area contributed by atoms with Crippen molar-refractivity contribution in [3.8, 4) is 0 Å². The van der Waals surface area contributed by atoms with Gasteiger partial charge in [-0.1, -0.05) is 71.7 Å². The van der Waals surface area contributed by atoms with Gasteiger partial charge in [0, 0.05) is 35.1 Å². The van der Waals surface area contributed by atoms with E-state index >= 15 is 0 Å². The minimum Gasteiger partial charge on any atom is -0.355 e. The highest BCUT2D eigenvalue weighted by Gasteiger charge is 2.43. The molecule has 1 N–H and O–H groups in total. The smallest absolute Gasteiger partial charge is 0.269 e. The second-order valence-electron chi connectivity index (χ2n) is 8.63. The highest BCUT2D eigenvalue weighted by molar-refractivity contribution is 7.90. The van der Waals surface area contributed by atoms with E-state index in [9.17, 15) is 22.8 Å². The van der Waals surface area contributed by atoms with E-state index in [4.69, 9.17) is 23.2 Å². The topological polar surface area (TPSA) is 104 Å². The van der Waals surface area contributed by atoms with Crippen molar-refractivity contribution in [1.82, 2.24) is 14.5 Å². The Kier molecular flexibility index (Phi) is 8.40. The molecule has 0 saturated heterocycles. The maximum atomic E-state index is 13.9. The molecule has 1 aliphatic rings. The summed E-state index contributed by atoms with van der Waals surface area (Å²) < 4.78 is 26.8. The lowest BCUT2D eigenvalue weighted by Crippen LogP contribution is -2.53. The molecule has 0 fully saturated rings. The highest BCUT2D eigenvalue weighted by atomic mass is 35.5. The molecule has 0 aromatic heterocycles. The van der Waals surface area contributed by atoms with Crippen LogP contribution >= 0.6 is 23.2 Å². The van der Waals surface area contributed by atoms with Crippen LogP contribution < -0.4 is 5.32 Å². The van der Waals surface area contributed by atoms with Crippen LogP contribution in [0.3, 0.4) is 0 Å². The van der Waals surface area contributed by atoms with Crippen LogP contribution in [0.2, 0.25) is 10.0 Å². The van der Waals surface area contributed by atoms with Gasteiger partial charge in [0.05, 0.1) is 5.56 Å². The van der Waals surface area contributed by atoms with Crippen molar-refractivity contribution < 1.29 is 22.8 Å². The molecule has 1 atom stereocenters. The van der Waals surface area contributed by atoms with E-state index in [1.807, 2.05) is 30.3 Å². The summed E-state index contributed by atoms with van der Waals surface area (Å²) in [5.74, 6) is -1.99. The van der Waals surface area contributed by atoms with Gasteiger partial charge in [-0.15, -0.1) is 0 Å². The molecule has 11 heteroatoms. The Morgan fingerprint density at radius 2 is 1.58 bits per heavy atom. The van der Waals surface area contributed by atoms with Gasteiger partial charge in [0.2, 0.25) is 11.8 Å². The number of sulfonamides is 1. The van der Waals surface area contributed by atoms with Crippen LogP contribution in [0.25, 0.3) is 0 Å². The van der Waals surface area contributed by atoms with Gasteiger partial charge in [0.1, 0.15) is 17.5 Å². The zero-order valence-corrected chi connectivity index (χ0v) is 22.8. The summed E-state index contributed by atoms with van der Waals surface area (Å²) in [6, 6.07) is 18.7. The van der Waals surface area contributed by atoms with E-state index in [-0.39, 0.29) is 33.5 Å². The monoisotopic (exact) mass is 573 g/mol. The van der Waals surface area contributed by atoms with Crippen molar-refractivity contribution in [2.24, 2.45) is 0 Å². The molecule has 3 amide bonds. The number of hydrogen-bond donors (Lipinski definition) is 1. The van der Waals surface area contributed by atoms with Gasteiger partial charge in [0.15, 0.2) is 0 Å². The van der Waals surface area contributed by atoms with Gasteiger partial charge in [0.25, 0.3) is 15.9 Å². The first kappa shape index (κ1) is 27.6. The largest absolute Gasteiger partial charge is 0.355 e. The summed E-state index contributed by atoms with van der Waals surface area (Å²) in [4.78, 5) is 41.2.